The third-order valence-electron chi connectivity index (χ3n) is 7.63. The number of aryl methyl sites for hydroxylation is 2. The molecule has 194 valence electrons. The lowest BCUT2D eigenvalue weighted by Crippen LogP contribution is -2.63. The number of amidine groups is 1. The summed E-state index contributed by atoms with van der Waals surface area (Å²) in [7, 11) is 0. The Hall–Kier alpha value is -3.31. The molecular weight excluding hydrogens is 477 g/mol. The Balaban J connectivity index is 1.06. The first-order valence-corrected chi connectivity index (χ1v) is 12.1. The van der Waals surface area contributed by atoms with E-state index in [1.807, 2.05) is 0 Å². The van der Waals surface area contributed by atoms with Gasteiger partial charge >= 0.3 is 12.5 Å². The molecule has 1 amide bonds. The van der Waals surface area contributed by atoms with E-state index in [1.54, 1.807) is 11.8 Å². The molecule has 1 aliphatic carbocycles. The summed E-state index contributed by atoms with van der Waals surface area (Å²) in [6, 6.07) is 3.97. The minimum atomic E-state index is -4.75. The number of nitrogens with one attached hydrogen (secondary N) is 2. The fraction of sp³-hybridized carbons (Fsp3) is 0.583. The highest BCUT2D eigenvalue weighted by Gasteiger charge is 2.47. The zero-order valence-corrected chi connectivity index (χ0v) is 20.0. The minimum absolute atomic E-state index is 0.0157. The number of fused-ring (bicyclic) bond motifs is 1. The van der Waals surface area contributed by atoms with E-state index in [2.05, 4.69) is 25.0 Å². The Kier molecular flexibility index (Phi) is 6.29. The Morgan fingerprint density at radius 3 is 2.61 bits per heavy atom. The van der Waals surface area contributed by atoms with Crippen molar-refractivity contribution in [1.82, 2.24) is 25.2 Å². The Bertz CT molecular complexity index is 1130. The maximum absolute atomic E-state index is 12.6. The summed E-state index contributed by atoms with van der Waals surface area (Å²) >= 11 is 0. The highest BCUT2D eigenvalue weighted by molar-refractivity contribution is 5.83. The van der Waals surface area contributed by atoms with Crippen molar-refractivity contribution in [3.05, 3.63) is 40.7 Å². The second kappa shape index (κ2) is 9.29. The van der Waals surface area contributed by atoms with Crippen LogP contribution in [-0.2, 0) is 24.2 Å². The largest absolute Gasteiger partial charge is 0.573 e. The second-order valence-electron chi connectivity index (χ2n) is 10.1. The van der Waals surface area contributed by atoms with E-state index in [1.165, 1.54) is 18.2 Å². The molecule has 0 bridgehead atoms. The van der Waals surface area contributed by atoms with Gasteiger partial charge in [0, 0.05) is 43.9 Å². The number of rotatable bonds is 4. The molecule has 1 aromatic carbocycles. The molecule has 2 fully saturated rings. The van der Waals surface area contributed by atoms with Gasteiger partial charge in [-0.05, 0) is 55.9 Å². The number of benzene rings is 1. The van der Waals surface area contributed by atoms with Gasteiger partial charge in [0.2, 0.25) is 0 Å². The number of carbonyl (C=O) groups excluding carboxylic acids is 1. The zero-order chi connectivity index (χ0) is 25.5. The maximum atomic E-state index is 12.6. The van der Waals surface area contributed by atoms with Gasteiger partial charge < -0.3 is 19.3 Å². The van der Waals surface area contributed by atoms with Gasteiger partial charge in [-0.3, -0.25) is 5.41 Å². The van der Waals surface area contributed by atoms with Gasteiger partial charge in [0.25, 0.3) is 0 Å². The number of hydrogen-bond acceptors (Lipinski definition) is 6. The predicted molar refractivity (Wildman–Crippen MR) is 122 cm³/mol. The number of H-pyrrole nitrogens is 1. The molecule has 1 unspecified atom stereocenters. The quantitative estimate of drug-likeness (QED) is 0.482. The van der Waals surface area contributed by atoms with E-state index in [0.717, 1.165) is 56.6 Å². The van der Waals surface area contributed by atoms with Crippen molar-refractivity contribution < 1.29 is 27.4 Å². The van der Waals surface area contributed by atoms with Crippen LogP contribution in [-0.4, -0.2) is 69.7 Å². The third-order valence-corrected chi connectivity index (χ3v) is 7.63. The summed E-state index contributed by atoms with van der Waals surface area (Å²) < 4.78 is 46.5. The molecule has 12 heteroatoms. The van der Waals surface area contributed by atoms with Crippen LogP contribution in [0.2, 0.25) is 0 Å². The average Bonchev–Trinajstić information content (AvgIpc) is 3.28. The number of carbonyl (C=O) groups is 1. The van der Waals surface area contributed by atoms with E-state index >= 15 is 0 Å². The van der Waals surface area contributed by atoms with Crippen LogP contribution in [0.4, 0.5) is 18.0 Å². The number of piperidine rings is 1. The van der Waals surface area contributed by atoms with Crippen molar-refractivity contribution in [2.75, 3.05) is 26.2 Å². The summed E-state index contributed by atoms with van der Waals surface area (Å²) in [5.74, 6) is 0.552. The number of aromatic nitrogens is 3. The highest BCUT2D eigenvalue weighted by atomic mass is 19.4. The topological polar surface area (TPSA) is 107 Å². The van der Waals surface area contributed by atoms with E-state index in [9.17, 15) is 18.0 Å². The third kappa shape index (κ3) is 5.12. The van der Waals surface area contributed by atoms with Crippen LogP contribution in [0.15, 0.2) is 18.2 Å². The number of amides is 1. The Morgan fingerprint density at radius 2 is 1.92 bits per heavy atom. The fourth-order valence-corrected chi connectivity index (χ4v) is 5.45. The molecule has 2 N–H and O–H groups in total. The maximum Gasteiger partial charge on any atom is 0.573 e. The van der Waals surface area contributed by atoms with Gasteiger partial charge in [0.1, 0.15) is 12.4 Å². The number of halogens is 3. The van der Waals surface area contributed by atoms with Crippen LogP contribution in [0.1, 0.15) is 41.8 Å². The Labute approximate surface area is 206 Å². The van der Waals surface area contributed by atoms with E-state index in [0.29, 0.717) is 30.1 Å². The number of likely N-dealkylation sites (tertiary alicyclic amines) is 2. The fourth-order valence-electron chi connectivity index (χ4n) is 5.45. The van der Waals surface area contributed by atoms with Crippen molar-refractivity contribution in [3.63, 3.8) is 0 Å². The average molecular weight is 507 g/mol. The van der Waals surface area contributed by atoms with Gasteiger partial charge in [-0.15, -0.1) is 13.2 Å². The zero-order valence-electron chi connectivity index (χ0n) is 20.0. The van der Waals surface area contributed by atoms with Crippen molar-refractivity contribution in [1.29, 1.82) is 5.41 Å². The monoisotopic (exact) mass is 506 g/mol. The van der Waals surface area contributed by atoms with Crippen LogP contribution in [0.3, 0.4) is 0 Å². The van der Waals surface area contributed by atoms with Crippen LogP contribution in [0, 0.1) is 23.7 Å². The lowest BCUT2D eigenvalue weighted by Gasteiger charge is -2.55. The molecule has 1 atom stereocenters. The smallest absolute Gasteiger partial charge is 0.445 e. The first-order valence-electron chi connectivity index (χ1n) is 12.1. The molecule has 0 radical (unpaired) electrons. The van der Waals surface area contributed by atoms with Crippen LogP contribution in [0.25, 0.3) is 0 Å². The standard InChI is InChI=1S/C24H29F3N6O3/c1-15-10-18(36-24(25,26)27)4-2-17(15)12-35-22(34)32-8-6-23(7-9-32)13-33(14-23)21(28)16-3-5-19-20(11-16)30-31-29-19/h2,4,10,16,28H,3,5-9,11-14H2,1H3,(H,29,30,31). The van der Waals surface area contributed by atoms with Crippen molar-refractivity contribution in [2.24, 2.45) is 11.3 Å². The number of alkyl halides is 3. The van der Waals surface area contributed by atoms with E-state index < -0.39 is 12.5 Å². The van der Waals surface area contributed by atoms with Gasteiger partial charge in [-0.25, -0.2) is 4.79 Å². The molecule has 2 aliphatic heterocycles. The lowest BCUT2D eigenvalue weighted by molar-refractivity contribution is -0.274. The summed E-state index contributed by atoms with van der Waals surface area (Å²) in [6.45, 7) is 4.48. The molecule has 2 aromatic rings. The van der Waals surface area contributed by atoms with E-state index in [-0.39, 0.29) is 23.7 Å². The van der Waals surface area contributed by atoms with Gasteiger partial charge in [0.15, 0.2) is 0 Å². The SMILES string of the molecule is Cc1cc(OC(F)(F)F)ccc1COC(=O)N1CCC2(CC1)CN(C(=N)C1CCc3n[nH]nc3C1)C2. The predicted octanol–water partition coefficient (Wildman–Crippen LogP) is 3.83. The summed E-state index contributed by atoms with van der Waals surface area (Å²) in [5.41, 5.74) is 3.29. The lowest BCUT2D eigenvalue weighted by atomic mass is 9.71. The van der Waals surface area contributed by atoms with Crippen molar-refractivity contribution >= 4 is 11.9 Å². The van der Waals surface area contributed by atoms with Crippen molar-refractivity contribution in [3.8, 4) is 5.75 Å². The van der Waals surface area contributed by atoms with E-state index in [4.69, 9.17) is 10.1 Å². The normalized spacial score (nSPS) is 21.1. The molecule has 9 nitrogen and oxygen atoms in total. The second-order valence-corrected chi connectivity index (χ2v) is 10.1. The Morgan fingerprint density at radius 1 is 1.19 bits per heavy atom. The van der Waals surface area contributed by atoms with Gasteiger partial charge in [-0.1, -0.05) is 6.07 Å². The number of hydrogen-bond donors (Lipinski definition) is 2. The van der Waals surface area contributed by atoms with Crippen LogP contribution < -0.4 is 4.74 Å². The highest BCUT2D eigenvalue weighted by Crippen LogP contribution is 2.42. The first-order chi connectivity index (χ1) is 17.1. The molecular formula is C24H29F3N6O3. The van der Waals surface area contributed by atoms with Gasteiger partial charge in [0.05, 0.1) is 17.2 Å². The molecule has 36 heavy (non-hydrogen) atoms. The molecule has 0 saturated carbocycles. The molecule has 2 saturated heterocycles. The van der Waals surface area contributed by atoms with Crippen LogP contribution in [0.5, 0.6) is 5.75 Å². The number of ether oxygens (including phenoxy) is 2. The van der Waals surface area contributed by atoms with Gasteiger partial charge in [-0.2, -0.15) is 15.4 Å². The molecule has 1 aromatic heterocycles. The summed E-state index contributed by atoms with van der Waals surface area (Å²) in [6.07, 6.45) is -0.945. The first kappa shape index (κ1) is 24.4. The number of aromatic amines is 1. The summed E-state index contributed by atoms with van der Waals surface area (Å²) in [4.78, 5) is 16.4. The minimum Gasteiger partial charge on any atom is -0.445 e. The summed E-state index contributed by atoms with van der Waals surface area (Å²) in [5, 5.41) is 19.7. The number of nitrogens with zero attached hydrogens (tertiary/aromatic N) is 4. The van der Waals surface area contributed by atoms with Crippen molar-refractivity contribution in [2.45, 2.75) is 52.0 Å². The molecule has 1 spiro atoms. The molecule has 5 rings (SSSR count). The molecule has 3 aliphatic rings. The molecule has 3 heterocycles. The van der Waals surface area contributed by atoms with Crippen LogP contribution >= 0.6 is 0 Å².